The summed E-state index contributed by atoms with van der Waals surface area (Å²) >= 11 is 2.98. The molecule has 0 unspecified atom stereocenters. The standard InChI is InChI=1S/C16H12BrF2NO4/c1-23-15(21)10-5-3-4-6-20(13(10)16(22)24-2)14-11(18)7-9(17)8-12(14)19/h3-8H,1-2H3. The summed E-state index contributed by atoms with van der Waals surface area (Å²) in [6, 6.07) is 2.08. The third-order valence-electron chi connectivity index (χ3n) is 3.11. The maximum absolute atomic E-state index is 14.3. The Morgan fingerprint density at radius 2 is 1.62 bits per heavy atom. The fourth-order valence-electron chi connectivity index (χ4n) is 2.10. The van der Waals surface area contributed by atoms with E-state index in [-0.39, 0.29) is 15.7 Å². The molecule has 126 valence electrons. The van der Waals surface area contributed by atoms with E-state index in [4.69, 9.17) is 0 Å². The number of carbonyl (C=O) groups excluding carboxylic acids is 2. The molecule has 0 aromatic heterocycles. The molecule has 1 aliphatic rings. The summed E-state index contributed by atoms with van der Waals surface area (Å²) in [5.74, 6) is -3.66. The number of esters is 2. The first-order valence-electron chi connectivity index (χ1n) is 6.60. The number of nitrogens with zero attached hydrogens (tertiary/aromatic N) is 1. The Hall–Kier alpha value is -2.48. The summed E-state index contributed by atoms with van der Waals surface area (Å²) in [4.78, 5) is 25.0. The molecule has 0 spiro atoms. The van der Waals surface area contributed by atoms with Gasteiger partial charge < -0.3 is 14.4 Å². The van der Waals surface area contributed by atoms with Gasteiger partial charge in [0.25, 0.3) is 0 Å². The zero-order chi connectivity index (χ0) is 17.9. The van der Waals surface area contributed by atoms with Crippen LogP contribution in [0.4, 0.5) is 14.5 Å². The number of methoxy groups -OCH3 is 2. The Bertz CT molecular complexity index is 763. The minimum absolute atomic E-state index is 0.190. The highest BCUT2D eigenvalue weighted by Crippen LogP contribution is 2.32. The van der Waals surface area contributed by atoms with Crippen molar-refractivity contribution in [2.24, 2.45) is 0 Å². The van der Waals surface area contributed by atoms with Crippen molar-refractivity contribution in [3.05, 3.63) is 63.9 Å². The summed E-state index contributed by atoms with van der Waals surface area (Å²) in [6.07, 6.45) is 5.39. The van der Waals surface area contributed by atoms with Gasteiger partial charge in [0.2, 0.25) is 0 Å². The number of carbonyl (C=O) groups is 2. The summed E-state index contributed by atoms with van der Waals surface area (Å²) in [5.41, 5.74) is -1.09. The van der Waals surface area contributed by atoms with Crippen LogP contribution in [-0.2, 0) is 19.1 Å². The Kier molecular flexibility index (Phi) is 5.50. The maximum Gasteiger partial charge on any atom is 0.355 e. The second-order valence-corrected chi connectivity index (χ2v) is 5.45. The minimum atomic E-state index is -0.951. The van der Waals surface area contributed by atoms with Gasteiger partial charge in [0.05, 0.1) is 19.8 Å². The fraction of sp³-hybridized carbons (Fsp3) is 0.125. The van der Waals surface area contributed by atoms with Gasteiger partial charge in [0.1, 0.15) is 11.4 Å². The third-order valence-corrected chi connectivity index (χ3v) is 3.57. The van der Waals surface area contributed by atoms with Crippen LogP contribution in [0.3, 0.4) is 0 Å². The molecule has 5 nitrogen and oxygen atoms in total. The van der Waals surface area contributed by atoms with E-state index in [0.717, 1.165) is 31.3 Å². The van der Waals surface area contributed by atoms with Gasteiger partial charge in [0, 0.05) is 10.7 Å². The van der Waals surface area contributed by atoms with Crippen LogP contribution in [0.1, 0.15) is 0 Å². The Morgan fingerprint density at radius 3 is 2.17 bits per heavy atom. The van der Waals surface area contributed by atoms with Crippen molar-refractivity contribution in [2.75, 3.05) is 19.1 Å². The number of rotatable bonds is 3. The molecule has 0 amide bonds. The second kappa shape index (κ2) is 7.39. The zero-order valence-electron chi connectivity index (χ0n) is 12.7. The van der Waals surface area contributed by atoms with Crippen molar-refractivity contribution >= 4 is 33.6 Å². The molecule has 1 aliphatic heterocycles. The van der Waals surface area contributed by atoms with Gasteiger partial charge in [-0.15, -0.1) is 0 Å². The van der Waals surface area contributed by atoms with Crippen molar-refractivity contribution < 1.29 is 27.8 Å². The van der Waals surface area contributed by atoms with Crippen LogP contribution in [0.15, 0.2) is 52.3 Å². The SMILES string of the molecule is COC(=O)C1=C(C(=O)OC)N(c2c(F)cc(Br)cc2F)C=CC=C1. The summed E-state index contributed by atoms with van der Waals surface area (Å²) in [7, 11) is 2.22. The minimum Gasteiger partial charge on any atom is -0.465 e. The summed E-state index contributed by atoms with van der Waals surface area (Å²) < 4.78 is 38.1. The molecule has 0 atom stereocenters. The van der Waals surface area contributed by atoms with Crippen molar-refractivity contribution in [3.8, 4) is 0 Å². The van der Waals surface area contributed by atoms with Crippen molar-refractivity contribution in [1.29, 1.82) is 0 Å². The van der Waals surface area contributed by atoms with E-state index in [1.807, 2.05) is 0 Å². The van der Waals surface area contributed by atoms with Gasteiger partial charge >= 0.3 is 11.9 Å². The number of hydrogen-bond donors (Lipinski definition) is 0. The van der Waals surface area contributed by atoms with Crippen LogP contribution in [0.2, 0.25) is 0 Å². The molecular formula is C16H12BrF2NO4. The topological polar surface area (TPSA) is 55.8 Å². The first-order chi connectivity index (χ1) is 11.4. The van der Waals surface area contributed by atoms with Crippen LogP contribution in [0.25, 0.3) is 0 Å². The summed E-state index contributed by atoms with van der Waals surface area (Å²) in [5, 5.41) is 0. The van der Waals surface area contributed by atoms with Crippen LogP contribution in [-0.4, -0.2) is 26.2 Å². The van der Waals surface area contributed by atoms with Crippen LogP contribution in [0.5, 0.6) is 0 Å². The first kappa shape index (κ1) is 17.9. The van der Waals surface area contributed by atoms with E-state index in [0.29, 0.717) is 0 Å². The van der Waals surface area contributed by atoms with Gasteiger partial charge in [-0.05, 0) is 24.3 Å². The number of benzene rings is 1. The molecule has 0 fully saturated rings. The molecule has 1 aromatic carbocycles. The van der Waals surface area contributed by atoms with E-state index < -0.39 is 29.3 Å². The van der Waals surface area contributed by atoms with Crippen molar-refractivity contribution in [2.45, 2.75) is 0 Å². The monoisotopic (exact) mass is 399 g/mol. The molecule has 24 heavy (non-hydrogen) atoms. The van der Waals surface area contributed by atoms with Crippen molar-refractivity contribution in [3.63, 3.8) is 0 Å². The van der Waals surface area contributed by atoms with E-state index in [2.05, 4.69) is 25.4 Å². The predicted octanol–water partition coefficient (Wildman–Crippen LogP) is 3.22. The molecule has 0 saturated heterocycles. The Morgan fingerprint density at radius 1 is 1.04 bits per heavy atom. The van der Waals surface area contributed by atoms with Crippen molar-refractivity contribution in [1.82, 2.24) is 0 Å². The lowest BCUT2D eigenvalue weighted by Crippen LogP contribution is -2.28. The zero-order valence-corrected chi connectivity index (χ0v) is 14.3. The van der Waals surface area contributed by atoms with E-state index >= 15 is 0 Å². The summed E-state index contributed by atoms with van der Waals surface area (Å²) in [6.45, 7) is 0. The van der Waals surface area contributed by atoms with E-state index in [1.54, 1.807) is 0 Å². The van der Waals surface area contributed by atoms with Crippen LogP contribution < -0.4 is 4.90 Å². The molecule has 0 N–H and O–H groups in total. The van der Waals surface area contributed by atoms with E-state index in [1.165, 1.54) is 24.4 Å². The molecule has 0 saturated carbocycles. The molecule has 1 aromatic rings. The highest BCUT2D eigenvalue weighted by atomic mass is 79.9. The number of allylic oxidation sites excluding steroid dienone is 2. The average Bonchev–Trinajstić information content (AvgIpc) is 2.75. The second-order valence-electron chi connectivity index (χ2n) is 4.53. The van der Waals surface area contributed by atoms with Gasteiger partial charge in [-0.2, -0.15) is 0 Å². The highest BCUT2D eigenvalue weighted by Gasteiger charge is 2.30. The number of halogens is 3. The Balaban J connectivity index is 2.75. The first-order valence-corrected chi connectivity index (χ1v) is 7.39. The number of hydrogen-bond acceptors (Lipinski definition) is 5. The lowest BCUT2D eigenvalue weighted by atomic mass is 10.1. The molecule has 0 aliphatic carbocycles. The largest absolute Gasteiger partial charge is 0.465 e. The lowest BCUT2D eigenvalue weighted by molar-refractivity contribution is -0.139. The van der Waals surface area contributed by atoms with Crippen LogP contribution in [0, 0.1) is 11.6 Å². The van der Waals surface area contributed by atoms with E-state index in [9.17, 15) is 18.4 Å². The smallest absolute Gasteiger partial charge is 0.355 e. The van der Waals surface area contributed by atoms with Gasteiger partial charge in [-0.3, -0.25) is 0 Å². The highest BCUT2D eigenvalue weighted by molar-refractivity contribution is 9.10. The average molecular weight is 400 g/mol. The Labute approximate surface area is 145 Å². The maximum atomic E-state index is 14.3. The van der Waals surface area contributed by atoms with Gasteiger partial charge in [0.15, 0.2) is 11.6 Å². The number of ether oxygens (including phenoxy) is 2. The molecule has 2 rings (SSSR count). The lowest BCUT2D eigenvalue weighted by Gasteiger charge is -2.24. The van der Waals surface area contributed by atoms with Crippen LogP contribution >= 0.6 is 15.9 Å². The predicted molar refractivity (Wildman–Crippen MR) is 85.9 cm³/mol. The molecule has 0 bridgehead atoms. The third kappa shape index (κ3) is 3.38. The number of anilines is 1. The fourth-order valence-corrected chi connectivity index (χ4v) is 2.50. The molecule has 8 heteroatoms. The van der Waals surface area contributed by atoms with Gasteiger partial charge in [-0.1, -0.05) is 22.0 Å². The molecular weight excluding hydrogens is 388 g/mol. The molecule has 0 radical (unpaired) electrons. The quantitative estimate of drug-likeness (QED) is 0.730. The van der Waals surface area contributed by atoms with Gasteiger partial charge in [-0.25, -0.2) is 18.4 Å². The molecule has 1 heterocycles. The normalized spacial score (nSPS) is 13.8.